The van der Waals surface area contributed by atoms with Crippen molar-refractivity contribution in [3.63, 3.8) is 0 Å². The average Bonchev–Trinajstić information content (AvgIpc) is 3.20. The fourth-order valence-electron chi connectivity index (χ4n) is 3.81. The second kappa shape index (κ2) is 9.77. The van der Waals surface area contributed by atoms with E-state index in [-0.39, 0.29) is 37.4 Å². The number of carbonyl (C=O) groups excluding carboxylic acids is 3. The Morgan fingerprint density at radius 3 is 2.27 bits per heavy atom. The molecule has 1 saturated heterocycles. The van der Waals surface area contributed by atoms with Gasteiger partial charge in [-0.2, -0.15) is 0 Å². The van der Waals surface area contributed by atoms with E-state index in [4.69, 9.17) is 9.15 Å². The number of amides is 3. The Kier molecular flexibility index (Phi) is 6.63. The highest BCUT2D eigenvalue weighted by Gasteiger charge is 2.31. The molecule has 0 bridgehead atoms. The molecule has 1 fully saturated rings. The van der Waals surface area contributed by atoms with Crippen molar-refractivity contribution in [2.75, 3.05) is 26.2 Å². The number of piperazine rings is 1. The zero-order chi connectivity index (χ0) is 23.4. The van der Waals surface area contributed by atoms with Crippen molar-refractivity contribution in [2.45, 2.75) is 26.5 Å². The third-order valence-electron chi connectivity index (χ3n) is 5.49. The molecule has 8 nitrogen and oxygen atoms in total. The molecule has 2 aromatic carbocycles. The van der Waals surface area contributed by atoms with Gasteiger partial charge < -0.3 is 24.3 Å². The smallest absolute Gasteiger partial charge is 0.312 e. The monoisotopic (exact) mass is 449 g/mol. The number of rotatable bonds is 5. The highest BCUT2D eigenvalue weighted by atomic mass is 16.5. The Morgan fingerprint density at radius 2 is 1.58 bits per heavy atom. The highest BCUT2D eigenvalue weighted by molar-refractivity contribution is 6.35. The first-order valence-corrected chi connectivity index (χ1v) is 11.0. The number of carbonyl (C=O) groups is 3. The average molecular weight is 450 g/mol. The number of nitrogens with zero attached hydrogens (tertiary/aromatic N) is 2. The zero-order valence-electron chi connectivity index (χ0n) is 18.7. The number of para-hydroxylation sites is 2. The molecule has 0 saturated carbocycles. The van der Waals surface area contributed by atoms with Crippen molar-refractivity contribution < 1.29 is 23.5 Å². The Balaban J connectivity index is 1.48. The summed E-state index contributed by atoms with van der Waals surface area (Å²) in [6.07, 6.45) is 0. The van der Waals surface area contributed by atoms with Crippen molar-refractivity contribution >= 4 is 28.7 Å². The van der Waals surface area contributed by atoms with Crippen LogP contribution in [0.15, 0.2) is 59.0 Å². The maximum atomic E-state index is 13.4. The Labute approximate surface area is 192 Å². The minimum atomic E-state index is -0.623. The van der Waals surface area contributed by atoms with Gasteiger partial charge in [-0.15, -0.1) is 0 Å². The Hall–Kier alpha value is -3.81. The Bertz CT molecular complexity index is 1150. The van der Waals surface area contributed by atoms with E-state index >= 15 is 0 Å². The van der Waals surface area contributed by atoms with Gasteiger partial charge in [-0.1, -0.05) is 36.4 Å². The van der Waals surface area contributed by atoms with E-state index in [1.165, 1.54) is 4.90 Å². The van der Waals surface area contributed by atoms with Gasteiger partial charge >= 0.3 is 11.8 Å². The van der Waals surface area contributed by atoms with Crippen molar-refractivity contribution in [1.82, 2.24) is 15.1 Å². The molecule has 1 aliphatic heterocycles. The maximum Gasteiger partial charge on any atom is 0.312 e. The van der Waals surface area contributed by atoms with Crippen molar-refractivity contribution in [3.05, 3.63) is 65.9 Å². The largest absolute Gasteiger partial charge is 0.489 e. The standard InChI is InChI=1S/C25H27N3O5/c1-17(2)26-23(29)25(31)28-14-12-27(13-15-28)24(30)22-20(16-32-18-8-4-3-5-9-18)19-10-6-7-11-21(19)33-22/h3-11,17H,12-16H2,1-2H3,(H,26,29). The molecule has 1 aliphatic rings. The molecule has 0 spiro atoms. The van der Waals surface area contributed by atoms with Crippen LogP contribution in [0.5, 0.6) is 5.75 Å². The van der Waals surface area contributed by atoms with E-state index in [1.54, 1.807) is 18.7 Å². The van der Waals surface area contributed by atoms with E-state index in [9.17, 15) is 14.4 Å². The predicted molar refractivity (Wildman–Crippen MR) is 123 cm³/mol. The molecule has 33 heavy (non-hydrogen) atoms. The van der Waals surface area contributed by atoms with Crippen LogP contribution in [0.25, 0.3) is 11.0 Å². The molecule has 3 amide bonds. The summed E-state index contributed by atoms with van der Waals surface area (Å²) in [5, 5.41) is 3.44. The van der Waals surface area contributed by atoms with Crippen LogP contribution in [-0.2, 0) is 16.2 Å². The first-order valence-electron chi connectivity index (χ1n) is 11.0. The number of hydrogen-bond acceptors (Lipinski definition) is 5. The van der Waals surface area contributed by atoms with Gasteiger partial charge in [-0.05, 0) is 32.0 Å². The number of benzene rings is 2. The molecule has 4 rings (SSSR count). The van der Waals surface area contributed by atoms with Crippen molar-refractivity contribution in [2.24, 2.45) is 0 Å². The van der Waals surface area contributed by atoms with Crippen LogP contribution in [0.1, 0.15) is 30.0 Å². The summed E-state index contributed by atoms with van der Waals surface area (Å²) in [5.41, 5.74) is 1.31. The van der Waals surface area contributed by atoms with Gasteiger partial charge in [-0.3, -0.25) is 14.4 Å². The van der Waals surface area contributed by atoms with Crippen LogP contribution >= 0.6 is 0 Å². The predicted octanol–water partition coefficient (Wildman–Crippen LogP) is 2.82. The molecule has 0 radical (unpaired) electrons. The number of furan rings is 1. The van der Waals surface area contributed by atoms with Crippen LogP contribution in [0.3, 0.4) is 0 Å². The molecule has 3 aromatic rings. The maximum absolute atomic E-state index is 13.4. The molecular weight excluding hydrogens is 422 g/mol. The highest BCUT2D eigenvalue weighted by Crippen LogP contribution is 2.28. The summed E-state index contributed by atoms with van der Waals surface area (Å²) in [4.78, 5) is 40.8. The van der Waals surface area contributed by atoms with E-state index in [2.05, 4.69) is 5.32 Å². The number of fused-ring (bicyclic) bond motifs is 1. The summed E-state index contributed by atoms with van der Waals surface area (Å²) in [7, 11) is 0. The first-order chi connectivity index (χ1) is 15.9. The topological polar surface area (TPSA) is 92.1 Å². The van der Waals surface area contributed by atoms with Crippen LogP contribution in [0.2, 0.25) is 0 Å². The summed E-state index contributed by atoms with van der Waals surface area (Å²) >= 11 is 0. The third-order valence-corrected chi connectivity index (χ3v) is 5.49. The molecule has 0 atom stereocenters. The molecule has 1 N–H and O–H groups in total. The van der Waals surface area contributed by atoms with Crippen molar-refractivity contribution in [1.29, 1.82) is 0 Å². The zero-order valence-corrected chi connectivity index (χ0v) is 18.7. The number of nitrogens with one attached hydrogen (secondary N) is 1. The molecule has 0 unspecified atom stereocenters. The summed E-state index contributed by atoms with van der Waals surface area (Å²) < 4.78 is 11.9. The molecule has 172 valence electrons. The lowest BCUT2D eigenvalue weighted by Gasteiger charge is -2.34. The summed E-state index contributed by atoms with van der Waals surface area (Å²) in [5.74, 6) is -0.507. The summed E-state index contributed by atoms with van der Waals surface area (Å²) in [6.45, 7) is 4.99. The number of hydrogen-bond donors (Lipinski definition) is 1. The fraction of sp³-hybridized carbons (Fsp3) is 0.320. The van der Waals surface area contributed by atoms with Gasteiger partial charge in [0.05, 0.1) is 0 Å². The van der Waals surface area contributed by atoms with Gasteiger partial charge in [0.25, 0.3) is 5.91 Å². The SMILES string of the molecule is CC(C)NC(=O)C(=O)N1CCN(C(=O)c2oc3ccccc3c2COc2ccccc2)CC1. The minimum absolute atomic E-state index is 0.117. The molecular formula is C25H27N3O5. The first kappa shape index (κ1) is 22.4. The second-order valence-electron chi connectivity index (χ2n) is 8.22. The van der Waals surface area contributed by atoms with E-state index in [0.29, 0.717) is 30.0 Å². The number of ether oxygens (including phenoxy) is 1. The van der Waals surface area contributed by atoms with Crippen LogP contribution in [0, 0.1) is 0 Å². The lowest BCUT2D eigenvalue weighted by atomic mass is 10.1. The summed E-state index contributed by atoms with van der Waals surface area (Å²) in [6, 6.07) is 16.8. The Morgan fingerprint density at radius 1 is 0.939 bits per heavy atom. The van der Waals surface area contributed by atoms with Gasteiger partial charge in [-0.25, -0.2) is 0 Å². The van der Waals surface area contributed by atoms with Crippen LogP contribution < -0.4 is 10.1 Å². The molecule has 0 aliphatic carbocycles. The van der Waals surface area contributed by atoms with Crippen molar-refractivity contribution in [3.8, 4) is 5.75 Å². The van der Waals surface area contributed by atoms with Gasteiger partial charge in [0, 0.05) is 43.2 Å². The lowest BCUT2D eigenvalue weighted by molar-refractivity contribution is -0.147. The van der Waals surface area contributed by atoms with E-state index < -0.39 is 11.8 Å². The molecule has 8 heteroatoms. The molecule has 2 heterocycles. The molecule has 1 aromatic heterocycles. The van der Waals surface area contributed by atoms with Gasteiger partial charge in [0.1, 0.15) is 17.9 Å². The van der Waals surface area contributed by atoms with E-state index in [1.807, 2.05) is 54.6 Å². The third kappa shape index (κ3) is 5.00. The quantitative estimate of drug-likeness (QED) is 0.605. The second-order valence-corrected chi connectivity index (χ2v) is 8.22. The van der Waals surface area contributed by atoms with E-state index in [0.717, 1.165) is 5.39 Å². The normalized spacial score (nSPS) is 13.9. The van der Waals surface area contributed by atoms with Gasteiger partial charge in [0.15, 0.2) is 5.76 Å². The van der Waals surface area contributed by atoms with Crippen LogP contribution in [0.4, 0.5) is 0 Å². The fourth-order valence-corrected chi connectivity index (χ4v) is 3.81. The minimum Gasteiger partial charge on any atom is -0.489 e. The lowest BCUT2D eigenvalue weighted by Crippen LogP contribution is -2.54. The van der Waals surface area contributed by atoms with Crippen LogP contribution in [-0.4, -0.2) is 59.7 Å². The van der Waals surface area contributed by atoms with Gasteiger partial charge in [0.2, 0.25) is 0 Å².